The molecular weight excluding hydrogens is 262 g/mol. The predicted octanol–water partition coefficient (Wildman–Crippen LogP) is 0.693. The molecule has 0 aromatic carbocycles. The number of aliphatic hydroxyl groups is 1. The van der Waals surface area contributed by atoms with E-state index in [-0.39, 0.29) is 12.7 Å². The largest absolute Gasteiger partial charge is 0.394 e. The zero-order valence-electron chi connectivity index (χ0n) is 10.8. The molecule has 0 spiro atoms. The molecule has 0 saturated carbocycles. The maximum Gasteiger partial charge on any atom is 0.124 e. The molecule has 0 atom stereocenters. The molecule has 104 valence electrons. The number of rotatable bonds is 5. The van der Waals surface area contributed by atoms with Gasteiger partial charge in [0.15, 0.2) is 0 Å². The minimum Gasteiger partial charge on any atom is -0.394 e. The zero-order valence-corrected chi connectivity index (χ0v) is 11.6. The minimum absolute atomic E-state index is 0.0778. The van der Waals surface area contributed by atoms with Crippen LogP contribution in [0.1, 0.15) is 18.5 Å². The van der Waals surface area contributed by atoms with Crippen LogP contribution in [-0.2, 0) is 4.74 Å². The van der Waals surface area contributed by atoms with Gasteiger partial charge >= 0.3 is 0 Å². The lowest BCUT2D eigenvalue weighted by molar-refractivity contribution is 0.0159. The summed E-state index contributed by atoms with van der Waals surface area (Å²) in [5.74, 6) is 0. The fourth-order valence-corrected chi connectivity index (χ4v) is 2.48. The summed E-state index contributed by atoms with van der Waals surface area (Å²) < 4.78 is 5.55. The Bertz CT molecular complexity index is 434. The van der Waals surface area contributed by atoms with Crippen molar-refractivity contribution in [2.24, 2.45) is 5.73 Å². The first-order valence-electron chi connectivity index (χ1n) is 6.44. The molecule has 1 aromatic heterocycles. The van der Waals surface area contributed by atoms with Crippen LogP contribution in [0, 0.1) is 0 Å². The lowest BCUT2D eigenvalue weighted by atomic mass is 10.1. The highest BCUT2D eigenvalue weighted by molar-refractivity contribution is 7.80. The second kappa shape index (κ2) is 6.79. The van der Waals surface area contributed by atoms with E-state index >= 15 is 0 Å². The van der Waals surface area contributed by atoms with Gasteiger partial charge in [0, 0.05) is 19.3 Å². The molecule has 5 nitrogen and oxygen atoms in total. The second-order valence-corrected chi connectivity index (χ2v) is 4.96. The molecule has 2 rings (SSSR count). The van der Waals surface area contributed by atoms with Gasteiger partial charge in [-0.05, 0) is 25.0 Å². The van der Waals surface area contributed by atoms with Crippen LogP contribution < -0.4 is 10.6 Å². The van der Waals surface area contributed by atoms with Crippen molar-refractivity contribution in [3.05, 3.63) is 24.0 Å². The smallest absolute Gasteiger partial charge is 0.124 e. The van der Waals surface area contributed by atoms with Crippen molar-refractivity contribution < 1.29 is 9.84 Å². The number of aromatic nitrogens is 1. The summed E-state index contributed by atoms with van der Waals surface area (Å²) in [5, 5.41) is 8.75. The maximum atomic E-state index is 8.75. The van der Waals surface area contributed by atoms with Gasteiger partial charge in [0.25, 0.3) is 0 Å². The molecule has 0 amide bonds. The van der Waals surface area contributed by atoms with E-state index in [0.717, 1.165) is 31.6 Å². The van der Waals surface area contributed by atoms with Crippen molar-refractivity contribution in [2.75, 3.05) is 31.2 Å². The Labute approximate surface area is 118 Å². The number of nitrogens with zero attached hydrogens (tertiary/aromatic N) is 2. The summed E-state index contributed by atoms with van der Waals surface area (Å²) in [5.41, 5.74) is 7.39. The van der Waals surface area contributed by atoms with Gasteiger partial charge in [-0.3, -0.25) is 4.98 Å². The van der Waals surface area contributed by atoms with Crippen molar-refractivity contribution in [3.8, 4) is 0 Å². The van der Waals surface area contributed by atoms with Gasteiger partial charge in [0.1, 0.15) is 10.7 Å². The molecule has 6 heteroatoms. The standard InChI is InChI=1S/C13H19N3O2S/c14-13(19)12-11(2-1-5-15-12)16-6-3-10(4-7-16)18-9-8-17/h1-2,5,10,17H,3-4,6-9H2,(H2,14,19). The fraction of sp³-hybridized carbons (Fsp3) is 0.538. The lowest BCUT2D eigenvalue weighted by Crippen LogP contribution is -2.38. The monoisotopic (exact) mass is 281 g/mol. The van der Waals surface area contributed by atoms with Crippen molar-refractivity contribution in [3.63, 3.8) is 0 Å². The van der Waals surface area contributed by atoms with Crippen LogP contribution in [0.5, 0.6) is 0 Å². The first-order valence-corrected chi connectivity index (χ1v) is 6.85. The summed E-state index contributed by atoms with van der Waals surface area (Å²) in [6.45, 7) is 2.26. The quantitative estimate of drug-likeness (QED) is 0.774. The van der Waals surface area contributed by atoms with E-state index in [0.29, 0.717) is 17.3 Å². The Kier molecular flexibility index (Phi) is 5.07. The molecule has 1 saturated heterocycles. The SMILES string of the molecule is NC(=S)c1ncccc1N1CCC(OCCO)CC1. The van der Waals surface area contributed by atoms with Crippen molar-refractivity contribution in [2.45, 2.75) is 18.9 Å². The van der Waals surface area contributed by atoms with E-state index in [1.54, 1.807) is 6.20 Å². The third-order valence-electron chi connectivity index (χ3n) is 3.25. The number of thiocarbonyl (C=S) groups is 1. The Balaban J connectivity index is 2.00. The number of hydrogen-bond donors (Lipinski definition) is 2. The van der Waals surface area contributed by atoms with Gasteiger partial charge in [-0.2, -0.15) is 0 Å². The molecule has 0 bridgehead atoms. The van der Waals surface area contributed by atoms with E-state index < -0.39 is 0 Å². The average Bonchev–Trinajstić information content (AvgIpc) is 2.45. The molecule has 1 aliphatic heterocycles. The van der Waals surface area contributed by atoms with E-state index in [1.165, 1.54) is 0 Å². The highest BCUT2D eigenvalue weighted by Crippen LogP contribution is 2.23. The first kappa shape index (κ1) is 14.2. The Morgan fingerprint density at radius 1 is 1.53 bits per heavy atom. The third kappa shape index (κ3) is 3.62. The Hall–Kier alpha value is -1.24. The van der Waals surface area contributed by atoms with Gasteiger partial charge in [0.05, 0.1) is 25.0 Å². The van der Waals surface area contributed by atoms with Crippen molar-refractivity contribution >= 4 is 22.9 Å². The highest BCUT2D eigenvalue weighted by Gasteiger charge is 2.22. The van der Waals surface area contributed by atoms with Gasteiger partial charge < -0.3 is 20.5 Å². The summed E-state index contributed by atoms with van der Waals surface area (Å²) in [4.78, 5) is 6.81. The van der Waals surface area contributed by atoms with E-state index in [1.807, 2.05) is 12.1 Å². The third-order valence-corrected chi connectivity index (χ3v) is 3.44. The van der Waals surface area contributed by atoms with Crippen LogP contribution in [-0.4, -0.2) is 47.5 Å². The van der Waals surface area contributed by atoms with Crippen LogP contribution in [0.25, 0.3) is 0 Å². The molecule has 0 radical (unpaired) electrons. The highest BCUT2D eigenvalue weighted by atomic mass is 32.1. The minimum atomic E-state index is 0.0778. The Morgan fingerprint density at radius 3 is 2.89 bits per heavy atom. The number of anilines is 1. The molecule has 0 unspecified atom stereocenters. The van der Waals surface area contributed by atoms with Gasteiger partial charge in [-0.1, -0.05) is 12.2 Å². The Morgan fingerprint density at radius 2 is 2.26 bits per heavy atom. The molecule has 0 aliphatic carbocycles. The van der Waals surface area contributed by atoms with Crippen molar-refractivity contribution in [1.82, 2.24) is 4.98 Å². The number of hydrogen-bond acceptors (Lipinski definition) is 5. The van der Waals surface area contributed by atoms with E-state index in [4.69, 9.17) is 27.8 Å². The average molecular weight is 281 g/mol. The van der Waals surface area contributed by atoms with Crippen molar-refractivity contribution in [1.29, 1.82) is 0 Å². The van der Waals surface area contributed by atoms with Crippen LogP contribution in [0.15, 0.2) is 18.3 Å². The number of pyridine rings is 1. The first-order chi connectivity index (χ1) is 9.22. The number of ether oxygens (including phenoxy) is 1. The molecule has 1 aromatic rings. The second-order valence-electron chi connectivity index (χ2n) is 4.52. The summed E-state index contributed by atoms with van der Waals surface area (Å²) >= 11 is 5.04. The number of nitrogens with two attached hydrogens (primary N) is 1. The van der Waals surface area contributed by atoms with Gasteiger partial charge in [-0.25, -0.2) is 0 Å². The lowest BCUT2D eigenvalue weighted by Gasteiger charge is -2.34. The molecular formula is C13H19N3O2S. The maximum absolute atomic E-state index is 8.75. The van der Waals surface area contributed by atoms with E-state index in [9.17, 15) is 0 Å². The number of piperidine rings is 1. The van der Waals surface area contributed by atoms with Crippen LogP contribution in [0.2, 0.25) is 0 Å². The molecule has 1 fully saturated rings. The van der Waals surface area contributed by atoms with Gasteiger partial charge in [-0.15, -0.1) is 0 Å². The fourth-order valence-electron chi connectivity index (χ4n) is 2.32. The van der Waals surface area contributed by atoms with Gasteiger partial charge in [0.2, 0.25) is 0 Å². The molecule has 19 heavy (non-hydrogen) atoms. The molecule has 3 N–H and O–H groups in total. The zero-order chi connectivity index (χ0) is 13.7. The van der Waals surface area contributed by atoms with Crippen LogP contribution in [0.4, 0.5) is 5.69 Å². The summed E-state index contributed by atoms with van der Waals surface area (Å²) in [7, 11) is 0. The summed E-state index contributed by atoms with van der Waals surface area (Å²) in [6, 6.07) is 3.89. The van der Waals surface area contributed by atoms with E-state index in [2.05, 4.69) is 9.88 Å². The summed E-state index contributed by atoms with van der Waals surface area (Å²) in [6.07, 6.45) is 3.81. The molecule has 2 heterocycles. The number of aliphatic hydroxyl groups excluding tert-OH is 1. The normalized spacial score (nSPS) is 16.6. The topological polar surface area (TPSA) is 71.6 Å². The molecule has 1 aliphatic rings. The van der Waals surface area contributed by atoms with Crippen LogP contribution >= 0.6 is 12.2 Å². The van der Waals surface area contributed by atoms with Crippen LogP contribution in [0.3, 0.4) is 0 Å². The predicted molar refractivity (Wildman–Crippen MR) is 78.4 cm³/mol.